The first kappa shape index (κ1) is 26.3. The Kier molecular flexibility index (Phi) is 13.4. The van der Waals surface area contributed by atoms with Gasteiger partial charge in [0.25, 0.3) is 0 Å². The number of hydrogen-bond donors (Lipinski definition) is 2. The zero-order valence-electron chi connectivity index (χ0n) is 18.8. The van der Waals surface area contributed by atoms with Crippen molar-refractivity contribution in [2.24, 2.45) is 10.9 Å². The van der Waals surface area contributed by atoms with Gasteiger partial charge in [-0.3, -0.25) is 9.89 Å². The van der Waals surface area contributed by atoms with Gasteiger partial charge < -0.3 is 24.8 Å². The lowest BCUT2D eigenvalue weighted by atomic mass is 10.0. The Hall–Kier alpha value is -0.940. The average Bonchev–Trinajstić information content (AvgIpc) is 2.80. The number of nitrogens with one attached hydrogen (secondary N) is 2. The van der Waals surface area contributed by atoms with Crippen molar-refractivity contribution in [3.05, 3.63) is 35.4 Å². The molecule has 31 heavy (non-hydrogen) atoms. The number of benzene rings is 1. The van der Waals surface area contributed by atoms with Crippen LogP contribution in [0.25, 0.3) is 0 Å². The van der Waals surface area contributed by atoms with Crippen LogP contribution in [0, 0.1) is 5.92 Å². The molecule has 2 fully saturated rings. The average molecular weight is 546 g/mol. The van der Waals surface area contributed by atoms with E-state index in [9.17, 15) is 0 Å². The summed E-state index contributed by atoms with van der Waals surface area (Å²) in [6, 6.07) is 8.83. The summed E-state index contributed by atoms with van der Waals surface area (Å²) < 4.78 is 16.6. The van der Waals surface area contributed by atoms with Crippen LogP contribution in [0.4, 0.5) is 0 Å². The molecular formula is C23H39IN4O3. The van der Waals surface area contributed by atoms with Gasteiger partial charge in [0.05, 0.1) is 13.2 Å². The van der Waals surface area contributed by atoms with Crippen LogP contribution in [0.1, 0.15) is 30.4 Å². The number of nitrogens with zero attached hydrogens (tertiary/aromatic N) is 2. The molecule has 7 nitrogen and oxygen atoms in total. The van der Waals surface area contributed by atoms with Crippen molar-refractivity contribution >= 4 is 29.9 Å². The SMILES string of the molecule is CN=C(NCCCOCC1CCOCC1)NCc1ccc(CN2CCOCC2)cc1.I. The van der Waals surface area contributed by atoms with Crippen molar-refractivity contribution < 1.29 is 14.2 Å². The molecule has 0 unspecified atom stereocenters. The van der Waals surface area contributed by atoms with Gasteiger partial charge in [-0.15, -0.1) is 24.0 Å². The van der Waals surface area contributed by atoms with Crippen LogP contribution < -0.4 is 10.6 Å². The molecule has 0 atom stereocenters. The molecule has 0 bridgehead atoms. The summed E-state index contributed by atoms with van der Waals surface area (Å²) in [6.45, 7) is 9.75. The summed E-state index contributed by atoms with van der Waals surface area (Å²) in [5, 5.41) is 6.75. The fourth-order valence-corrected chi connectivity index (χ4v) is 3.73. The molecule has 0 spiro atoms. The van der Waals surface area contributed by atoms with Gasteiger partial charge in [0.15, 0.2) is 5.96 Å². The zero-order valence-corrected chi connectivity index (χ0v) is 21.1. The summed E-state index contributed by atoms with van der Waals surface area (Å²) in [5.41, 5.74) is 2.60. The number of ether oxygens (including phenoxy) is 3. The van der Waals surface area contributed by atoms with Crippen molar-refractivity contribution in [2.75, 3.05) is 66.3 Å². The topological polar surface area (TPSA) is 67.4 Å². The predicted molar refractivity (Wildman–Crippen MR) is 135 cm³/mol. The Morgan fingerprint density at radius 3 is 2.42 bits per heavy atom. The third-order valence-corrected chi connectivity index (χ3v) is 5.67. The zero-order chi connectivity index (χ0) is 20.9. The van der Waals surface area contributed by atoms with Crippen LogP contribution in [-0.2, 0) is 27.3 Å². The fourth-order valence-electron chi connectivity index (χ4n) is 3.73. The first-order valence-corrected chi connectivity index (χ1v) is 11.3. The molecule has 0 aromatic heterocycles. The van der Waals surface area contributed by atoms with Crippen molar-refractivity contribution in [3.63, 3.8) is 0 Å². The number of hydrogen-bond acceptors (Lipinski definition) is 5. The molecule has 2 saturated heterocycles. The number of guanidine groups is 1. The van der Waals surface area contributed by atoms with E-state index in [0.717, 1.165) is 97.6 Å². The minimum absolute atomic E-state index is 0. The summed E-state index contributed by atoms with van der Waals surface area (Å²) in [4.78, 5) is 6.75. The van der Waals surface area contributed by atoms with E-state index in [1.54, 1.807) is 0 Å². The Balaban J connectivity index is 0.00000341. The van der Waals surface area contributed by atoms with Gasteiger partial charge in [-0.1, -0.05) is 24.3 Å². The standard InChI is InChI=1S/C23H38N4O3.HI/c1-24-23(25-9-2-12-30-19-22-7-13-28-14-8-22)26-17-20-3-5-21(6-4-20)18-27-10-15-29-16-11-27;/h3-6,22H,2,7-19H2,1H3,(H2,24,25,26);1H. The van der Waals surface area contributed by atoms with Gasteiger partial charge >= 0.3 is 0 Å². The highest BCUT2D eigenvalue weighted by molar-refractivity contribution is 14.0. The fraction of sp³-hybridized carbons (Fsp3) is 0.696. The quantitative estimate of drug-likeness (QED) is 0.204. The summed E-state index contributed by atoms with van der Waals surface area (Å²) in [7, 11) is 1.81. The van der Waals surface area contributed by atoms with Gasteiger partial charge in [0, 0.05) is 66.2 Å². The van der Waals surface area contributed by atoms with E-state index >= 15 is 0 Å². The maximum Gasteiger partial charge on any atom is 0.191 e. The molecule has 1 aromatic rings. The first-order chi connectivity index (χ1) is 14.8. The predicted octanol–water partition coefficient (Wildman–Crippen LogP) is 2.64. The van der Waals surface area contributed by atoms with E-state index in [-0.39, 0.29) is 24.0 Å². The van der Waals surface area contributed by atoms with E-state index in [1.165, 1.54) is 11.1 Å². The molecule has 176 valence electrons. The molecule has 3 rings (SSSR count). The van der Waals surface area contributed by atoms with Crippen LogP contribution in [0.5, 0.6) is 0 Å². The molecule has 2 aliphatic rings. The highest BCUT2D eigenvalue weighted by atomic mass is 127. The molecule has 2 N–H and O–H groups in total. The maximum atomic E-state index is 5.82. The molecule has 2 aliphatic heterocycles. The number of halogens is 1. The summed E-state index contributed by atoms with van der Waals surface area (Å²) in [5.74, 6) is 1.50. The van der Waals surface area contributed by atoms with Crippen LogP contribution in [0.3, 0.4) is 0 Å². The largest absolute Gasteiger partial charge is 0.381 e. The minimum atomic E-state index is 0. The van der Waals surface area contributed by atoms with Gasteiger partial charge in [0.2, 0.25) is 0 Å². The summed E-state index contributed by atoms with van der Waals surface area (Å²) in [6.07, 6.45) is 3.23. The molecule has 0 saturated carbocycles. The monoisotopic (exact) mass is 546 g/mol. The van der Waals surface area contributed by atoms with E-state index < -0.39 is 0 Å². The minimum Gasteiger partial charge on any atom is -0.381 e. The number of rotatable bonds is 10. The molecule has 0 radical (unpaired) electrons. The van der Waals surface area contributed by atoms with Crippen molar-refractivity contribution in [3.8, 4) is 0 Å². The second kappa shape index (κ2) is 15.8. The highest BCUT2D eigenvalue weighted by Gasteiger charge is 2.13. The lowest BCUT2D eigenvalue weighted by Gasteiger charge is -2.26. The van der Waals surface area contributed by atoms with Crippen LogP contribution in [-0.4, -0.2) is 77.2 Å². The van der Waals surface area contributed by atoms with E-state index in [2.05, 4.69) is 44.8 Å². The molecule has 0 amide bonds. The Labute approximate surface area is 204 Å². The molecule has 2 heterocycles. The molecule has 1 aromatic carbocycles. The highest BCUT2D eigenvalue weighted by Crippen LogP contribution is 2.14. The second-order valence-corrected chi connectivity index (χ2v) is 8.04. The van der Waals surface area contributed by atoms with E-state index in [0.29, 0.717) is 5.92 Å². The van der Waals surface area contributed by atoms with Gasteiger partial charge in [0.1, 0.15) is 0 Å². The third-order valence-electron chi connectivity index (χ3n) is 5.67. The molecule has 0 aliphatic carbocycles. The Morgan fingerprint density at radius 1 is 1.03 bits per heavy atom. The van der Waals surface area contributed by atoms with E-state index in [4.69, 9.17) is 14.2 Å². The molecule has 8 heteroatoms. The number of morpholine rings is 1. The second-order valence-electron chi connectivity index (χ2n) is 8.04. The van der Waals surface area contributed by atoms with Gasteiger partial charge in [-0.25, -0.2) is 0 Å². The van der Waals surface area contributed by atoms with Gasteiger partial charge in [-0.05, 0) is 36.3 Å². The van der Waals surface area contributed by atoms with Crippen molar-refractivity contribution in [1.29, 1.82) is 0 Å². The normalized spacial score (nSPS) is 18.4. The van der Waals surface area contributed by atoms with Crippen LogP contribution in [0.15, 0.2) is 29.3 Å². The number of aliphatic imine (C=N–C) groups is 1. The van der Waals surface area contributed by atoms with Crippen molar-refractivity contribution in [1.82, 2.24) is 15.5 Å². The lowest BCUT2D eigenvalue weighted by molar-refractivity contribution is 0.0203. The lowest BCUT2D eigenvalue weighted by Crippen LogP contribution is -2.37. The smallest absolute Gasteiger partial charge is 0.191 e. The Morgan fingerprint density at radius 2 is 1.71 bits per heavy atom. The van der Waals surface area contributed by atoms with Crippen LogP contribution >= 0.6 is 24.0 Å². The Bertz CT molecular complexity index is 618. The van der Waals surface area contributed by atoms with Crippen LogP contribution in [0.2, 0.25) is 0 Å². The van der Waals surface area contributed by atoms with Gasteiger partial charge in [-0.2, -0.15) is 0 Å². The van der Waals surface area contributed by atoms with E-state index in [1.807, 2.05) is 7.05 Å². The molecular weight excluding hydrogens is 507 g/mol. The van der Waals surface area contributed by atoms with Crippen molar-refractivity contribution in [2.45, 2.75) is 32.4 Å². The third kappa shape index (κ3) is 10.5. The summed E-state index contributed by atoms with van der Waals surface area (Å²) >= 11 is 0. The maximum absolute atomic E-state index is 5.82. The first-order valence-electron chi connectivity index (χ1n) is 11.3.